The van der Waals surface area contributed by atoms with E-state index in [-0.39, 0.29) is 6.61 Å². The number of rotatable bonds is 8. The molecule has 12 heavy (non-hydrogen) atoms. The number of nitrogens with one attached hydrogen (secondary N) is 1. The Bertz CT molecular complexity index is 85.9. The van der Waals surface area contributed by atoms with Crippen molar-refractivity contribution in [3.8, 4) is 0 Å². The van der Waals surface area contributed by atoms with Gasteiger partial charge in [-0.15, -0.1) is 0 Å². The molecular formula is C10H23NO. The fraction of sp³-hybridized carbons (Fsp3) is 1.00. The van der Waals surface area contributed by atoms with Crippen LogP contribution >= 0.6 is 0 Å². The predicted molar refractivity (Wildman–Crippen MR) is 53.3 cm³/mol. The van der Waals surface area contributed by atoms with E-state index in [9.17, 15) is 0 Å². The van der Waals surface area contributed by atoms with Crippen LogP contribution in [0, 0.1) is 0 Å². The van der Waals surface area contributed by atoms with Gasteiger partial charge >= 0.3 is 0 Å². The summed E-state index contributed by atoms with van der Waals surface area (Å²) in [4.78, 5) is 0. The van der Waals surface area contributed by atoms with Crippen LogP contribution in [0.15, 0.2) is 0 Å². The zero-order valence-corrected chi connectivity index (χ0v) is 8.47. The molecule has 1 unspecified atom stereocenters. The molecule has 0 saturated heterocycles. The first-order chi connectivity index (χ1) is 5.85. The van der Waals surface area contributed by atoms with Gasteiger partial charge in [-0.25, -0.2) is 0 Å². The van der Waals surface area contributed by atoms with E-state index in [0.717, 1.165) is 13.0 Å². The van der Waals surface area contributed by atoms with E-state index in [1.54, 1.807) is 0 Å². The summed E-state index contributed by atoms with van der Waals surface area (Å²) >= 11 is 0. The lowest BCUT2D eigenvalue weighted by Crippen LogP contribution is -2.33. The summed E-state index contributed by atoms with van der Waals surface area (Å²) in [6.45, 7) is 5.69. The zero-order chi connectivity index (χ0) is 9.23. The van der Waals surface area contributed by atoms with Gasteiger partial charge in [0.05, 0.1) is 6.61 Å². The van der Waals surface area contributed by atoms with Gasteiger partial charge in [-0.1, -0.05) is 33.1 Å². The second-order valence-corrected chi connectivity index (χ2v) is 3.33. The molecule has 2 heteroatoms. The van der Waals surface area contributed by atoms with E-state index in [1.165, 1.54) is 25.7 Å². The second kappa shape index (κ2) is 9.01. The van der Waals surface area contributed by atoms with Gasteiger partial charge in [-0.2, -0.15) is 0 Å². The van der Waals surface area contributed by atoms with Crippen LogP contribution < -0.4 is 5.32 Å². The summed E-state index contributed by atoms with van der Waals surface area (Å²) in [5, 5.41) is 12.3. The number of hydrogen-bond acceptors (Lipinski definition) is 2. The first-order valence-corrected chi connectivity index (χ1v) is 5.19. The highest BCUT2D eigenvalue weighted by Gasteiger charge is 2.03. The molecule has 2 N–H and O–H groups in total. The van der Waals surface area contributed by atoms with Crippen molar-refractivity contribution >= 4 is 0 Å². The summed E-state index contributed by atoms with van der Waals surface area (Å²) in [5.41, 5.74) is 0. The van der Waals surface area contributed by atoms with Gasteiger partial charge in [0, 0.05) is 6.04 Å². The van der Waals surface area contributed by atoms with Crippen molar-refractivity contribution in [2.24, 2.45) is 0 Å². The Balaban J connectivity index is 3.26. The minimum Gasteiger partial charge on any atom is -0.395 e. The summed E-state index contributed by atoms with van der Waals surface area (Å²) in [5.74, 6) is 0. The van der Waals surface area contributed by atoms with Crippen LogP contribution in [0.4, 0.5) is 0 Å². The maximum Gasteiger partial charge on any atom is 0.0584 e. The van der Waals surface area contributed by atoms with Gasteiger partial charge in [0.15, 0.2) is 0 Å². The van der Waals surface area contributed by atoms with Crippen LogP contribution in [0.2, 0.25) is 0 Å². The summed E-state index contributed by atoms with van der Waals surface area (Å²) in [7, 11) is 0. The Labute approximate surface area is 76.4 Å². The van der Waals surface area contributed by atoms with Crippen LogP contribution in [0.5, 0.6) is 0 Å². The quantitative estimate of drug-likeness (QED) is 0.550. The third-order valence-electron chi connectivity index (χ3n) is 2.09. The van der Waals surface area contributed by atoms with Crippen molar-refractivity contribution in [2.75, 3.05) is 13.2 Å². The van der Waals surface area contributed by atoms with E-state index in [4.69, 9.17) is 5.11 Å². The average molecular weight is 173 g/mol. The predicted octanol–water partition coefficient (Wildman–Crippen LogP) is 1.93. The van der Waals surface area contributed by atoms with Gasteiger partial charge in [-0.3, -0.25) is 0 Å². The largest absolute Gasteiger partial charge is 0.395 e. The van der Waals surface area contributed by atoms with Crippen LogP contribution in [0.3, 0.4) is 0 Å². The van der Waals surface area contributed by atoms with E-state index in [2.05, 4.69) is 19.2 Å². The van der Waals surface area contributed by atoms with Crippen molar-refractivity contribution in [2.45, 2.75) is 52.0 Å². The first-order valence-electron chi connectivity index (χ1n) is 5.19. The molecule has 74 valence electrons. The fourth-order valence-electron chi connectivity index (χ4n) is 1.19. The second-order valence-electron chi connectivity index (χ2n) is 3.33. The molecule has 1 atom stereocenters. The van der Waals surface area contributed by atoms with E-state index >= 15 is 0 Å². The van der Waals surface area contributed by atoms with Crippen LogP contribution in [-0.2, 0) is 0 Å². The molecular weight excluding hydrogens is 150 g/mol. The normalized spacial score (nSPS) is 13.2. The van der Waals surface area contributed by atoms with Crippen molar-refractivity contribution in [1.82, 2.24) is 5.32 Å². The van der Waals surface area contributed by atoms with Crippen LogP contribution in [0.25, 0.3) is 0 Å². The lowest BCUT2D eigenvalue weighted by molar-refractivity contribution is 0.233. The minimum absolute atomic E-state index is 0.281. The standard InChI is InChI=1S/C10H23NO/c1-3-5-7-10(9-12)11-8-6-4-2/h10-12H,3-9H2,1-2H3. The van der Waals surface area contributed by atoms with E-state index in [1.807, 2.05) is 0 Å². The van der Waals surface area contributed by atoms with E-state index < -0.39 is 0 Å². The van der Waals surface area contributed by atoms with Crippen molar-refractivity contribution in [3.05, 3.63) is 0 Å². The lowest BCUT2D eigenvalue weighted by Gasteiger charge is -2.15. The Morgan fingerprint density at radius 2 is 1.83 bits per heavy atom. The minimum atomic E-state index is 0.281. The molecule has 0 aromatic carbocycles. The number of aliphatic hydroxyl groups excluding tert-OH is 1. The first kappa shape index (κ1) is 11.9. The molecule has 0 aromatic rings. The molecule has 0 aromatic heterocycles. The molecule has 0 aliphatic heterocycles. The van der Waals surface area contributed by atoms with Crippen LogP contribution in [-0.4, -0.2) is 24.3 Å². The number of unbranched alkanes of at least 4 members (excludes halogenated alkanes) is 2. The lowest BCUT2D eigenvalue weighted by atomic mass is 10.1. The number of aliphatic hydroxyl groups is 1. The third kappa shape index (κ3) is 6.62. The highest BCUT2D eigenvalue weighted by atomic mass is 16.3. The zero-order valence-electron chi connectivity index (χ0n) is 8.47. The monoisotopic (exact) mass is 173 g/mol. The molecule has 0 heterocycles. The molecule has 0 spiro atoms. The maximum atomic E-state index is 8.99. The van der Waals surface area contributed by atoms with Gasteiger partial charge < -0.3 is 10.4 Å². The van der Waals surface area contributed by atoms with Gasteiger partial charge in [-0.05, 0) is 19.4 Å². The molecule has 0 rings (SSSR count). The molecule has 2 nitrogen and oxygen atoms in total. The van der Waals surface area contributed by atoms with Crippen molar-refractivity contribution in [3.63, 3.8) is 0 Å². The smallest absolute Gasteiger partial charge is 0.0584 e. The molecule has 0 aliphatic rings. The summed E-state index contributed by atoms with van der Waals surface area (Å²) < 4.78 is 0. The number of hydrogen-bond donors (Lipinski definition) is 2. The topological polar surface area (TPSA) is 32.3 Å². The SMILES string of the molecule is CCCCNC(CO)CCCC. The third-order valence-corrected chi connectivity index (χ3v) is 2.09. The average Bonchev–Trinajstić information content (AvgIpc) is 2.11. The molecule has 0 amide bonds. The Morgan fingerprint density at radius 3 is 2.33 bits per heavy atom. The Morgan fingerprint density at radius 1 is 1.17 bits per heavy atom. The highest BCUT2D eigenvalue weighted by Crippen LogP contribution is 1.99. The van der Waals surface area contributed by atoms with Crippen molar-refractivity contribution < 1.29 is 5.11 Å². The molecule has 0 fully saturated rings. The molecule has 0 saturated carbocycles. The highest BCUT2D eigenvalue weighted by molar-refractivity contribution is 4.64. The van der Waals surface area contributed by atoms with Gasteiger partial charge in [0.25, 0.3) is 0 Å². The van der Waals surface area contributed by atoms with Gasteiger partial charge in [0.2, 0.25) is 0 Å². The van der Waals surface area contributed by atoms with E-state index in [0.29, 0.717) is 6.04 Å². The van der Waals surface area contributed by atoms with Crippen LogP contribution in [0.1, 0.15) is 46.0 Å². The Hall–Kier alpha value is -0.0800. The maximum absolute atomic E-state index is 8.99. The summed E-state index contributed by atoms with van der Waals surface area (Å²) in [6.07, 6.45) is 5.97. The summed E-state index contributed by atoms with van der Waals surface area (Å²) in [6, 6.07) is 0.330. The fourth-order valence-corrected chi connectivity index (χ4v) is 1.19. The molecule has 0 bridgehead atoms. The van der Waals surface area contributed by atoms with Gasteiger partial charge in [0.1, 0.15) is 0 Å². The molecule has 0 radical (unpaired) electrons. The van der Waals surface area contributed by atoms with Crippen molar-refractivity contribution in [1.29, 1.82) is 0 Å². The molecule has 0 aliphatic carbocycles. The Kier molecular flexibility index (Phi) is 8.95.